The fourth-order valence-electron chi connectivity index (χ4n) is 1.30. The molecule has 0 spiro atoms. The van der Waals surface area contributed by atoms with Crippen molar-refractivity contribution in [2.45, 2.75) is 45.4 Å². The van der Waals surface area contributed by atoms with Crippen LogP contribution in [0.3, 0.4) is 0 Å². The Morgan fingerprint density at radius 1 is 1.41 bits per heavy atom. The Balaban J connectivity index is 4.20. The minimum atomic E-state index is -0.602. The number of carbonyl (C=O) groups excluding carboxylic acids is 1. The van der Waals surface area contributed by atoms with Gasteiger partial charge in [0.15, 0.2) is 0 Å². The van der Waals surface area contributed by atoms with Crippen LogP contribution in [0.2, 0.25) is 0 Å². The van der Waals surface area contributed by atoms with Gasteiger partial charge in [-0.3, -0.25) is 9.69 Å². The van der Waals surface area contributed by atoms with E-state index < -0.39 is 11.7 Å². The van der Waals surface area contributed by atoms with E-state index in [-0.39, 0.29) is 18.6 Å². The summed E-state index contributed by atoms with van der Waals surface area (Å²) in [7, 11) is 3.30. The summed E-state index contributed by atoms with van der Waals surface area (Å²) in [4.78, 5) is 13.5. The average Bonchev–Trinajstić information content (AvgIpc) is 2.13. The Hall–Kier alpha value is -0.650. The third-order valence-corrected chi connectivity index (χ3v) is 2.27. The van der Waals surface area contributed by atoms with Crippen LogP contribution in [0.15, 0.2) is 0 Å². The molecule has 0 aromatic carbocycles. The Morgan fingerprint density at radius 2 is 1.94 bits per heavy atom. The number of carbonyl (C=O) groups is 1. The Bertz CT molecular complexity index is 237. The smallest absolute Gasteiger partial charge is 0.323 e. The normalized spacial score (nSPS) is 15.8. The molecule has 0 aliphatic rings. The van der Waals surface area contributed by atoms with Gasteiger partial charge in [0.2, 0.25) is 0 Å². The third kappa shape index (κ3) is 7.31. The molecule has 0 aliphatic carbocycles. The molecule has 2 atom stereocenters. The van der Waals surface area contributed by atoms with Crippen LogP contribution in [-0.4, -0.2) is 61.0 Å². The van der Waals surface area contributed by atoms with Gasteiger partial charge in [0.05, 0.1) is 12.7 Å². The molecule has 0 aromatic heterocycles. The summed E-state index contributed by atoms with van der Waals surface area (Å²) in [6, 6.07) is -0.388. The van der Waals surface area contributed by atoms with Crippen molar-refractivity contribution in [3.8, 4) is 0 Å². The number of aliphatic hydroxyl groups excluding tert-OH is 1. The summed E-state index contributed by atoms with van der Waals surface area (Å²) in [6.07, 6.45) is -0.602. The number of ether oxygens (including phenoxy) is 2. The summed E-state index contributed by atoms with van der Waals surface area (Å²) < 4.78 is 10.1. The quantitative estimate of drug-likeness (QED) is 0.699. The molecule has 0 fully saturated rings. The molecule has 0 heterocycles. The van der Waals surface area contributed by atoms with E-state index in [0.29, 0.717) is 6.54 Å². The summed E-state index contributed by atoms with van der Waals surface area (Å²) in [5.74, 6) is -0.287. The van der Waals surface area contributed by atoms with Crippen LogP contribution in [-0.2, 0) is 14.3 Å². The second kappa shape index (κ2) is 6.93. The third-order valence-electron chi connectivity index (χ3n) is 2.27. The number of esters is 1. The largest absolute Gasteiger partial charge is 0.459 e. The molecule has 17 heavy (non-hydrogen) atoms. The average molecular weight is 247 g/mol. The first-order chi connectivity index (χ1) is 7.67. The lowest BCUT2D eigenvalue weighted by Crippen LogP contribution is -2.44. The van der Waals surface area contributed by atoms with Crippen molar-refractivity contribution in [3.05, 3.63) is 0 Å². The topological polar surface area (TPSA) is 59.0 Å². The van der Waals surface area contributed by atoms with Gasteiger partial charge in [-0.05, 0) is 34.7 Å². The number of methoxy groups -OCH3 is 1. The first-order valence-corrected chi connectivity index (χ1v) is 5.77. The molecule has 0 saturated heterocycles. The van der Waals surface area contributed by atoms with E-state index in [2.05, 4.69) is 0 Å². The maximum Gasteiger partial charge on any atom is 0.323 e. The maximum atomic E-state index is 11.8. The second-order valence-electron chi connectivity index (χ2n) is 5.26. The van der Waals surface area contributed by atoms with Gasteiger partial charge in [-0.2, -0.15) is 0 Å². The van der Waals surface area contributed by atoms with Gasteiger partial charge in [-0.25, -0.2) is 0 Å². The predicted octanol–water partition coefficient (Wildman–Crippen LogP) is 0.656. The zero-order valence-corrected chi connectivity index (χ0v) is 11.7. The van der Waals surface area contributed by atoms with Gasteiger partial charge in [0.25, 0.3) is 0 Å². The number of likely N-dealkylation sites (N-methyl/N-ethyl adjacent to an activating group) is 1. The monoisotopic (exact) mass is 247 g/mol. The van der Waals surface area contributed by atoms with E-state index in [1.54, 1.807) is 18.9 Å². The van der Waals surface area contributed by atoms with Gasteiger partial charge in [0.1, 0.15) is 11.6 Å². The van der Waals surface area contributed by atoms with Gasteiger partial charge < -0.3 is 14.6 Å². The van der Waals surface area contributed by atoms with Crippen LogP contribution < -0.4 is 0 Å². The molecule has 2 unspecified atom stereocenters. The molecular weight excluding hydrogens is 222 g/mol. The highest BCUT2D eigenvalue weighted by Gasteiger charge is 2.25. The van der Waals surface area contributed by atoms with E-state index in [0.717, 1.165) is 0 Å². The van der Waals surface area contributed by atoms with Crippen LogP contribution >= 0.6 is 0 Å². The van der Waals surface area contributed by atoms with Gasteiger partial charge >= 0.3 is 5.97 Å². The zero-order valence-electron chi connectivity index (χ0n) is 11.7. The first-order valence-electron chi connectivity index (χ1n) is 5.77. The van der Waals surface area contributed by atoms with E-state index in [1.165, 1.54) is 7.11 Å². The molecule has 5 heteroatoms. The van der Waals surface area contributed by atoms with Crippen molar-refractivity contribution in [2.75, 3.05) is 27.3 Å². The molecule has 0 saturated carbocycles. The first kappa shape index (κ1) is 16.4. The number of nitrogens with zero attached hydrogens (tertiary/aromatic N) is 1. The number of hydrogen-bond acceptors (Lipinski definition) is 5. The molecular formula is C12H25NO4. The molecule has 0 rings (SSSR count). The highest BCUT2D eigenvalue weighted by atomic mass is 16.6. The second-order valence-corrected chi connectivity index (χ2v) is 5.26. The Labute approximate surface area is 104 Å². The standard InChI is InChI=1S/C12H25NO4/c1-9(11(15)17-12(2,3)4)13(5)7-10(14)8-16-6/h9-10,14H,7-8H2,1-6H3. The van der Waals surface area contributed by atoms with E-state index in [4.69, 9.17) is 9.47 Å². The van der Waals surface area contributed by atoms with Gasteiger partial charge in [-0.1, -0.05) is 0 Å². The highest BCUT2D eigenvalue weighted by Crippen LogP contribution is 2.10. The number of rotatable bonds is 6. The van der Waals surface area contributed by atoms with Crippen molar-refractivity contribution in [1.82, 2.24) is 4.90 Å². The van der Waals surface area contributed by atoms with Crippen molar-refractivity contribution < 1.29 is 19.4 Å². The summed E-state index contributed by atoms with van der Waals surface area (Å²) >= 11 is 0. The molecule has 102 valence electrons. The molecule has 5 nitrogen and oxygen atoms in total. The molecule has 0 radical (unpaired) electrons. The number of aliphatic hydroxyl groups is 1. The SMILES string of the molecule is COCC(O)CN(C)C(C)C(=O)OC(C)(C)C. The van der Waals surface area contributed by atoms with Crippen LogP contribution in [0.5, 0.6) is 0 Å². The lowest BCUT2D eigenvalue weighted by atomic mass is 10.2. The Kier molecular flexibility index (Phi) is 6.67. The van der Waals surface area contributed by atoms with Gasteiger partial charge in [-0.15, -0.1) is 0 Å². The number of hydrogen-bond donors (Lipinski definition) is 1. The van der Waals surface area contributed by atoms with Crippen LogP contribution in [0, 0.1) is 0 Å². The fourth-order valence-corrected chi connectivity index (χ4v) is 1.30. The summed E-state index contributed by atoms with van der Waals surface area (Å²) in [6.45, 7) is 7.87. The summed E-state index contributed by atoms with van der Waals surface area (Å²) in [5, 5.41) is 9.56. The van der Waals surface area contributed by atoms with Crippen molar-refractivity contribution in [1.29, 1.82) is 0 Å². The lowest BCUT2D eigenvalue weighted by molar-refractivity contribution is -0.160. The summed E-state index contributed by atoms with van der Waals surface area (Å²) in [5.41, 5.74) is -0.489. The van der Waals surface area contributed by atoms with E-state index in [9.17, 15) is 9.90 Å². The van der Waals surface area contributed by atoms with Crippen molar-refractivity contribution >= 4 is 5.97 Å². The molecule has 0 amide bonds. The molecule has 1 N–H and O–H groups in total. The van der Waals surface area contributed by atoms with Crippen LogP contribution in [0.1, 0.15) is 27.7 Å². The molecule has 0 aromatic rings. The molecule has 0 bridgehead atoms. The highest BCUT2D eigenvalue weighted by molar-refractivity contribution is 5.75. The molecule has 0 aliphatic heterocycles. The minimum absolute atomic E-state index is 0.255. The van der Waals surface area contributed by atoms with Crippen LogP contribution in [0.4, 0.5) is 0 Å². The zero-order chi connectivity index (χ0) is 13.6. The fraction of sp³-hybridized carbons (Fsp3) is 0.917. The van der Waals surface area contributed by atoms with Crippen molar-refractivity contribution in [2.24, 2.45) is 0 Å². The Morgan fingerprint density at radius 3 is 2.35 bits per heavy atom. The maximum absolute atomic E-state index is 11.8. The lowest BCUT2D eigenvalue weighted by Gasteiger charge is -2.28. The minimum Gasteiger partial charge on any atom is -0.459 e. The van der Waals surface area contributed by atoms with Crippen molar-refractivity contribution in [3.63, 3.8) is 0 Å². The van der Waals surface area contributed by atoms with E-state index >= 15 is 0 Å². The van der Waals surface area contributed by atoms with Crippen LogP contribution in [0.25, 0.3) is 0 Å². The predicted molar refractivity (Wildman–Crippen MR) is 65.8 cm³/mol. The van der Waals surface area contributed by atoms with Gasteiger partial charge in [0, 0.05) is 13.7 Å². The van der Waals surface area contributed by atoms with E-state index in [1.807, 2.05) is 20.8 Å².